The largest absolute Gasteiger partial charge is 0.311 e. The minimum absolute atomic E-state index is 0.0227. The second-order valence-electron chi connectivity index (χ2n) is 7.64. The standard InChI is InChI=1S/C20H27N5O/c1-14-23-18-8-10-25(9-7-17(18)20(26)24-14)13-15-11-21-19(22-12-15)16-5-3-2-4-6-16/h11-12,16H,2-10,13H2,1H3,(H,23,24,26). The van der Waals surface area contributed by atoms with Crippen molar-refractivity contribution >= 4 is 0 Å². The first-order valence-corrected chi connectivity index (χ1v) is 9.81. The molecule has 2 aromatic heterocycles. The Kier molecular flexibility index (Phi) is 5.11. The van der Waals surface area contributed by atoms with E-state index >= 15 is 0 Å². The summed E-state index contributed by atoms with van der Waals surface area (Å²) >= 11 is 0. The molecule has 6 nitrogen and oxygen atoms in total. The molecule has 0 amide bonds. The van der Waals surface area contributed by atoms with Crippen LogP contribution in [0.4, 0.5) is 0 Å². The van der Waals surface area contributed by atoms with E-state index in [0.29, 0.717) is 11.7 Å². The molecule has 0 saturated heterocycles. The van der Waals surface area contributed by atoms with Crippen LogP contribution in [0.2, 0.25) is 0 Å². The van der Waals surface area contributed by atoms with Gasteiger partial charge in [0.15, 0.2) is 0 Å². The van der Waals surface area contributed by atoms with E-state index in [0.717, 1.165) is 55.1 Å². The Balaban J connectivity index is 1.40. The zero-order valence-corrected chi connectivity index (χ0v) is 15.5. The molecule has 0 atom stereocenters. The van der Waals surface area contributed by atoms with Gasteiger partial charge in [0.25, 0.3) is 5.56 Å². The Morgan fingerprint density at radius 3 is 2.62 bits per heavy atom. The van der Waals surface area contributed by atoms with E-state index in [1.54, 1.807) is 0 Å². The van der Waals surface area contributed by atoms with E-state index in [2.05, 4.69) is 24.8 Å². The first-order chi connectivity index (χ1) is 12.7. The minimum Gasteiger partial charge on any atom is -0.311 e. The fourth-order valence-corrected chi connectivity index (χ4v) is 4.21. The number of H-pyrrole nitrogens is 1. The highest BCUT2D eigenvalue weighted by atomic mass is 16.1. The average Bonchev–Trinajstić information content (AvgIpc) is 2.86. The van der Waals surface area contributed by atoms with Crippen molar-refractivity contribution in [2.75, 3.05) is 13.1 Å². The highest BCUT2D eigenvalue weighted by Crippen LogP contribution is 2.30. The van der Waals surface area contributed by atoms with E-state index in [4.69, 9.17) is 0 Å². The topological polar surface area (TPSA) is 74.8 Å². The summed E-state index contributed by atoms with van der Waals surface area (Å²) in [6.45, 7) is 4.45. The molecule has 0 bridgehead atoms. The monoisotopic (exact) mass is 353 g/mol. The molecule has 3 heterocycles. The molecule has 0 radical (unpaired) electrons. The molecule has 0 aromatic carbocycles. The van der Waals surface area contributed by atoms with Crippen LogP contribution in [0, 0.1) is 6.92 Å². The highest BCUT2D eigenvalue weighted by Gasteiger charge is 2.20. The van der Waals surface area contributed by atoms with Crippen LogP contribution < -0.4 is 5.56 Å². The van der Waals surface area contributed by atoms with Gasteiger partial charge in [-0.15, -0.1) is 0 Å². The molecule has 2 aliphatic rings. The third kappa shape index (κ3) is 3.85. The molecule has 1 saturated carbocycles. The zero-order chi connectivity index (χ0) is 17.9. The summed E-state index contributed by atoms with van der Waals surface area (Å²) in [5.41, 5.74) is 2.97. The summed E-state index contributed by atoms with van der Waals surface area (Å²) in [7, 11) is 0. The fourth-order valence-electron chi connectivity index (χ4n) is 4.21. The van der Waals surface area contributed by atoms with E-state index in [1.807, 2.05) is 19.3 Å². The van der Waals surface area contributed by atoms with Crippen molar-refractivity contribution in [2.45, 2.75) is 64.3 Å². The van der Waals surface area contributed by atoms with Gasteiger partial charge in [-0.1, -0.05) is 19.3 Å². The first-order valence-electron chi connectivity index (χ1n) is 9.81. The lowest BCUT2D eigenvalue weighted by molar-refractivity contribution is 0.278. The van der Waals surface area contributed by atoms with Gasteiger partial charge in [0.05, 0.1) is 5.69 Å². The Morgan fingerprint density at radius 2 is 1.85 bits per heavy atom. The molecule has 2 aromatic rings. The maximum absolute atomic E-state index is 12.2. The van der Waals surface area contributed by atoms with Crippen LogP contribution >= 0.6 is 0 Å². The van der Waals surface area contributed by atoms with Gasteiger partial charge >= 0.3 is 0 Å². The summed E-state index contributed by atoms with van der Waals surface area (Å²) in [6.07, 6.45) is 12.0. The summed E-state index contributed by atoms with van der Waals surface area (Å²) in [5.74, 6) is 2.27. The molecule has 138 valence electrons. The number of hydrogen-bond acceptors (Lipinski definition) is 5. The summed E-state index contributed by atoms with van der Waals surface area (Å²) in [5, 5.41) is 0. The molecule has 0 unspecified atom stereocenters. The van der Waals surface area contributed by atoms with Crippen LogP contribution in [0.5, 0.6) is 0 Å². The van der Waals surface area contributed by atoms with E-state index in [9.17, 15) is 4.79 Å². The molecule has 1 N–H and O–H groups in total. The van der Waals surface area contributed by atoms with Gasteiger partial charge in [-0.25, -0.2) is 15.0 Å². The lowest BCUT2D eigenvalue weighted by Gasteiger charge is -2.21. The van der Waals surface area contributed by atoms with Crippen LogP contribution in [-0.4, -0.2) is 37.9 Å². The van der Waals surface area contributed by atoms with Gasteiger partial charge in [0.2, 0.25) is 0 Å². The molecule has 4 rings (SSSR count). The Bertz CT molecular complexity index is 808. The van der Waals surface area contributed by atoms with Gasteiger partial charge in [-0.3, -0.25) is 9.69 Å². The second-order valence-corrected chi connectivity index (χ2v) is 7.64. The smallest absolute Gasteiger partial charge is 0.254 e. The molecule has 1 aliphatic carbocycles. The minimum atomic E-state index is 0.0227. The number of nitrogens with one attached hydrogen (secondary N) is 1. The van der Waals surface area contributed by atoms with Crippen LogP contribution in [-0.2, 0) is 19.4 Å². The lowest BCUT2D eigenvalue weighted by Crippen LogP contribution is -2.26. The van der Waals surface area contributed by atoms with Crippen molar-refractivity contribution in [2.24, 2.45) is 0 Å². The Morgan fingerprint density at radius 1 is 1.12 bits per heavy atom. The molecule has 6 heteroatoms. The molecule has 1 aliphatic heterocycles. The molecular formula is C20H27N5O. The van der Waals surface area contributed by atoms with E-state index in [-0.39, 0.29) is 5.56 Å². The maximum Gasteiger partial charge on any atom is 0.254 e. The number of aryl methyl sites for hydroxylation is 1. The SMILES string of the molecule is Cc1nc2c(c(=O)[nH]1)CCN(Cc1cnc(C3CCCCC3)nc1)CC2. The maximum atomic E-state index is 12.2. The Labute approximate surface area is 154 Å². The number of rotatable bonds is 3. The molecule has 0 spiro atoms. The van der Waals surface area contributed by atoms with E-state index in [1.165, 1.54) is 32.1 Å². The van der Waals surface area contributed by atoms with Crippen molar-refractivity contribution in [3.8, 4) is 0 Å². The number of fused-ring (bicyclic) bond motifs is 1. The van der Waals surface area contributed by atoms with Crippen molar-refractivity contribution < 1.29 is 0 Å². The summed E-state index contributed by atoms with van der Waals surface area (Å²) < 4.78 is 0. The van der Waals surface area contributed by atoms with Crippen LogP contribution in [0.1, 0.15) is 66.5 Å². The molecule has 26 heavy (non-hydrogen) atoms. The summed E-state index contributed by atoms with van der Waals surface area (Å²) in [4.78, 5) is 31.2. The van der Waals surface area contributed by atoms with Crippen LogP contribution in [0.15, 0.2) is 17.2 Å². The number of hydrogen-bond donors (Lipinski definition) is 1. The number of aromatic amines is 1. The van der Waals surface area contributed by atoms with Gasteiger partial charge in [-0.2, -0.15) is 0 Å². The zero-order valence-electron chi connectivity index (χ0n) is 15.5. The van der Waals surface area contributed by atoms with Gasteiger partial charge in [-0.05, 0) is 26.2 Å². The predicted octanol–water partition coefficient (Wildman–Crippen LogP) is 2.52. The second kappa shape index (κ2) is 7.66. The molecular weight excluding hydrogens is 326 g/mol. The van der Waals surface area contributed by atoms with Crippen LogP contribution in [0.25, 0.3) is 0 Å². The fraction of sp³-hybridized carbons (Fsp3) is 0.600. The van der Waals surface area contributed by atoms with Gasteiger partial charge in [0, 0.05) is 55.5 Å². The van der Waals surface area contributed by atoms with Gasteiger partial charge < -0.3 is 4.98 Å². The van der Waals surface area contributed by atoms with Crippen molar-refractivity contribution in [3.63, 3.8) is 0 Å². The van der Waals surface area contributed by atoms with Gasteiger partial charge in [0.1, 0.15) is 11.6 Å². The van der Waals surface area contributed by atoms with Crippen LogP contribution in [0.3, 0.4) is 0 Å². The first kappa shape index (κ1) is 17.3. The number of nitrogens with zero attached hydrogens (tertiary/aromatic N) is 4. The average molecular weight is 353 g/mol. The predicted molar refractivity (Wildman–Crippen MR) is 100 cm³/mol. The normalized spacial score (nSPS) is 19.1. The Hall–Kier alpha value is -2.08. The van der Waals surface area contributed by atoms with Crippen molar-refractivity contribution in [1.29, 1.82) is 0 Å². The number of aromatic nitrogens is 4. The highest BCUT2D eigenvalue weighted by molar-refractivity contribution is 5.20. The third-order valence-electron chi connectivity index (χ3n) is 5.66. The lowest BCUT2D eigenvalue weighted by atomic mass is 9.89. The van der Waals surface area contributed by atoms with Crippen molar-refractivity contribution in [1.82, 2.24) is 24.8 Å². The van der Waals surface area contributed by atoms with E-state index < -0.39 is 0 Å². The quantitative estimate of drug-likeness (QED) is 0.918. The molecule has 1 fully saturated rings. The third-order valence-corrected chi connectivity index (χ3v) is 5.66. The van der Waals surface area contributed by atoms with Crippen molar-refractivity contribution in [3.05, 3.63) is 51.2 Å². The summed E-state index contributed by atoms with van der Waals surface area (Å²) in [6, 6.07) is 0.